The molecular formula is C13H15ClFN2S+. The fourth-order valence-electron chi connectivity index (χ4n) is 1.84. The Morgan fingerprint density at radius 3 is 2.72 bits per heavy atom. The van der Waals surface area contributed by atoms with E-state index >= 15 is 0 Å². The van der Waals surface area contributed by atoms with Crippen molar-refractivity contribution in [3.8, 4) is 0 Å². The molecule has 1 aromatic heterocycles. The number of hydrogen-bond donors (Lipinski definition) is 1. The van der Waals surface area contributed by atoms with Crippen LogP contribution in [-0.2, 0) is 0 Å². The predicted molar refractivity (Wildman–Crippen MR) is 74.3 cm³/mol. The van der Waals surface area contributed by atoms with Gasteiger partial charge in [-0.05, 0) is 32.9 Å². The van der Waals surface area contributed by atoms with Gasteiger partial charge in [-0.3, -0.25) is 0 Å². The summed E-state index contributed by atoms with van der Waals surface area (Å²) in [6.07, 6.45) is 0. The van der Waals surface area contributed by atoms with Crippen LogP contribution in [0.1, 0.15) is 25.6 Å². The van der Waals surface area contributed by atoms with Crippen molar-refractivity contribution in [3.63, 3.8) is 0 Å². The van der Waals surface area contributed by atoms with E-state index in [0.29, 0.717) is 6.04 Å². The lowest BCUT2D eigenvalue weighted by atomic mass is 10.3. The van der Waals surface area contributed by atoms with Crippen LogP contribution >= 0.6 is 22.9 Å². The molecule has 2 aromatic rings. The van der Waals surface area contributed by atoms with Crippen molar-refractivity contribution in [3.05, 3.63) is 40.1 Å². The lowest BCUT2D eigenvalue weighted by Crippen LogP contribution is -2.39. The van der Waals surface area contributed by atoms with E-state index in [2.05, 4.69) is 36.0 Å². The zero-order valence-electron chi connectivity index (χ0n) is 10.5. The Kier molecular flexibility index (Phi) is 3.88. The van der Waals surface area contributed by atoms with Gasteiger partial charge < -0.3 is 0 Å². The SMILES string of the molecule is Cc1csc(Nc2ccc(F)c(Cl)c2)[n+]1C(C)C. The second-order valence-corrected chi connectivity index (χ2v) is 5.67. The molecule has 1 N–H and O–H groups in total. The third-order valence-corrected chi connectivity index (χ3v) is 3.90. The highest BCUT2D eigenvalue weighted by Gasteiger charge is 2.18. The van der Waals surface area contributed by atoms with Crippen LogP contribution in [0.25, 0.3) is 0 Å². The summed E-state index contributed by atoms with van der Waals surface area (Å²) in [5.74, 6) is -0.402. The minimum absolute atomic E-state index is 0.129. The van der Waals surface area contributed by atoms with Gasteiger partial charge in [0.2, 0.25) is 0 Å². The molecule has 0 aliphatic rings. The van der Waals surface area contributed by atoms with E-state index in [0.717, 1.165) is 10.8 Å². The maximum Gasteiger partial charge on any atom is 0.339 e. The molecular weight excluding hydrogens is 271 g/mol. The van der Waals surface area contributed by atoms with Crippen LogP contribution < -0.4 is 9.88 Å². The highest BCUT2D eigenvalue weighted by Crippen LogP contribution is 2.24. The van der Waals surface area contributed by atoms with Crippen molar-refractivity contribution >= 4 is 33.8 Å². The van der Waals surface area contributed by atoms with Gasteiger partial charge in [0.25, 0.3) is 0 Å². The molecule has 0 radical (unpaired) electrons. The van der Waals surface area contributed by atoms with Gasteiger partial charge in [-0.25, -0.2) is 14.3 Å². The van der Waals surface area contributed by atoms with Crippen molar-refractivity contribution in [1.29, 1.82) is 0 Å². The average molecular weight is 286 g/mol. The fraction of sp³-hybridized carbons (Fsp3) is 0.308. The van der Waals surface area contributed by atoms with Crippen LogP contribution in [0.3, 0.4) is 0 Å². The minimum Gasteiger partial charge on any atom is -0.231 e. The first-order valence-electron chi connectivity index (χ1n) is 5.70. The fourth-order valence-corrected chi connectivity index (χ4v) is 3.07. The molecule has 5 heteroatoms. The minimum atomic E-state index is -0.402. The Bertz CT molecular complexity index is 566. The summed E-state index contributed by atoms with van der Waals surface area (Å²) in [5, 5.41) is 6.51. The molecule has 0 saturated carbocycles. The number of aromatic nitrogens is 1. The van der Waals surface area contributed by atoms with Crippen molar-refractivity contribution in [2.45, 2.75) is 26.8 Å². The molecule has 2 nitrogen and oxygen atoms in total. The van der Waals surface area contributed by atoms with E-state index in [1.165, 1.54) is 11.8 Å². The van der Waals surface area contributed by atoms with Crippen molar-refractivity contribution in [2.75, 3.05) is 5.32 Å². The van der Waals surface area contributed by atoms with E-state index in [9.17, 15) is 4.39 Å². The third kappa shape index (κ3) is 2.65. The number of nitrogens with one attached hydrogen (secondary N) is 1. The van der Waals surface area contributed by atoms with Gasteiger partial charge in [0.05, 0.1) is 11.1 Å². The molecule has 18 heavy (non-hydrogen) atoms. The average Bonchev–Trinajstić information content (AvgIpc) is 2.65. The van der Waals surface area contributed by atoms with Gasteiger partial charge in [-0.1, -0.05) is 22.9 Å². The van der Waals surface area contributed by atoms with Gasteiger partial charge in [-0.15, -0.1) is 0 Å². The first kappa shape index (κ1) is 13.3. The lowest BCUT2D eigenvalue weighted by Gasteiger charge is -2.07. The van der Waals surface area contributed by atoms with Crippen LogP contribution in [0.4, 0.5) is 15.2 Å². The summed E-state index contributed by atoms with van der Waals surface area (Å²) in [7, 11) is 0. The van der Waals surface area contributed by atoms with Crippen molar-refractivity contribution < 1.29 is 8.96 Å². The zero-order chi connectivity index (χ0) is 13.3. The Morgan fingerprint density at radius 2 is 2.11 bits per heavy atom. The number of halogens is 2. The number of rotatable bonds is 3. The Morgan fingerprint density at radius 1 is 1.39 bits per heavy atom. The summed E-state index contributed by atoms with van der Waals surface area (Å²) in [4.78, 5) is 0. The molecule has 96 valence electrons. The van der Waals surface area contributed by atoms with E-state index in [1.54, 1.807) is 23.5 Å². The molecule has 1 aromatic carbocycles. The highest BCUT2D eigenvalue weighted by molar-refractivity contribution is 7.13. The number of thiazole rings is 1. The van der Waals surface area contributed by atoms with Gasteiger partial charge in [0.15, 0.2) is 0 Å². The second-order valence-electron chi connectivity index (χ2n) is 4.40. The quantitative estimate of drug-likeness (QED) is 0.823. The maximum atomic E-state index is 13.1. The Hall–Kier alpha value is -1.13. The molecule has 1 heterocycles. The Labute approximate surface area is 115 Å². The summed E-state index contributed by atoms with van der Waals surface area (Å²) >= 11 is 7.39. The monoisotopic (exact) mass is 285 g/mol. The number of benzene rings is 1. The van der Waals surface area contributed by atoms with Crippen LogP contribution in [0.15, 0.2) is 23.6 Å². The molecule has 0 aliphatic carbocycles. The molecule has 0 unspecified atom stereocenters. The zero-order valence-corrected chi connectivity index (χ0v) is 12.1. The largest absolute Gasteiger partial charge is 0.339 e. The van der Waals surface area contributed by atoms with Crippen LogP contribution in [0, 0.1) is 12.7 Å². The summed E-state index contributed by atoms with van der Waals surface area (Å²) in [5.41, 5.74) is 1.99. The second kappa shape index (κ2) is 5.24. The van der Waals surface area contributed by atoms with Crippen LogP contribution in [0.5, 0.6) is 0 Å². The molecule has 0 saturated heterocycles. The topological polar surface area (TPSA) is 15.9 Å². The maximum absolute atomic E-state index is 13.1. The lowest BCUT2D eigenvalue weighted by molar-refractivity contribution is -0.704. The summed E-state index contributed by atoms with van der Waals surface area (Å²) in [6.45, 7) is 6.32. The number of hydrogen-bond acceptors (Lipinski definition) is 2. The van der Waals surface area contributed by atoms with E-state index in [1.807, 2.05) is 0 Å². The first-order valence-corrected chi connectivity index (χ1v) is 6.96. The number of aryl methyl sites for hydroxylation is 1. The molecule has 0 fully saturated rings. The number of nitrogens with zero attached hydrogens (tertiary/aromatic N) is 1. The van der Waals surface area contributed by atoms with E-state index in [4.69, 9.17) is 11.6 Å². The smallest absolute Gasteiger partial charge is 0.231 e. The van der Waals surface area contributed by atoms with Gasteiger partial charge in [0.1, 0.15) is 17.2 Å². The van der Waals surface area contributed by atoms with E-state index in [-0.39, 0.29) is 5.02 Å². The molecule has 0 amide bonds. The molecule has 0 atom stereocenters. The Balaban J connectivity index is 2.31. The highest BCUT2D eigenvalue weighted by atomic mass is 35.5. The van der Waals surface area contributed by atoms with Crippen LogP contribution in [0.2, 0.25) is 5.02 Å². The summed E-state index contributed by atoms with van der Waals surface area (Å²) < 4.78 is 15.3. The van der Waals surface area contributed by atoms with Crippen molar-refractivity contribution in [2.24, 2.45) is 0 Å². The van der Waals surface area contributed by atoms with Gasteiger partial charge >= 0.3 is 5.13 Å². The normalized spacial score (nSPS) is 11.0. The van der Waals surface area contributed by atoms with Crippen molar-refractivity contribution in [1.82, 2.24) is 0 Å². The van der Waals surface area contributed by atoms with Gasteiger partial charge in [0, 0.05) is 11.4 Å². The van der Waals surface area contributed by atoms with Crippen LogP contribution in [-0.4, -0.2) is 0 Å². The molecule has 0 bridgehead atoms. The molecule has 0 aliphatic heterocycles. The van der Waals surface area contributed by atoms with Gasteiger partial charge in [-0.2, -0.15) is 0 Å². The first-order chi connectivity index (χ1) is 8.49. The molecule has 0 spiro atoms. The third-order valence-electron chi connectivity index (χ3n) is 2.63. The summed E-state index contributed by atoms with van der Waals surface area (Å²) in [6, 6.07) is 5.01. The van der Waals surface area contributed by atoms with E-state index < -0.39 is 5.82 Å². The number of anilines is 2. The molecule has 2 rings (SSSR count). The standard InChI is InChI=1S/C13H14ClFN2S/c1-8(2)17-9(3)7-18-13(17)16-10-4-5-12(15)11(14)6-10/h4-8H,1-3H3/p+1. The predicted octanol–water partition coefficient (Wildman–Crippen LogP) is 4.46.